The average molecular weight is 406 g/mol. The fourth-order valence-electron chi connectivity index (χ4n) is 2.25. The molecule has 0 radical (unpaired) electrons. The van der Waals surface area contributed by atoms with E-state index in [4.69, 9.17) is 9.47 Å². The maximum atomic E-state index is 13.5. The molecule has 8 heteroatoms. The Labute approximate surface area is 168 Å². The van der Waals surface area contributed by atoms with Crippen LogP contribution in [0.15, 0.2) is 48.5 Å². The van der Waals surface area contributed by atoms with E-state index in [0.717, 1.165) is 0 Å². The molecular weight excluding hydrogens is 382 g/mol. The standard InChI is InChI=1S/C21H24F2N2O4/c1-21(2,13-24-19(26)11-28-17-9-5-3-7-15(17)22)14-25-20(27)12-29-18-10-6-4-8-16(18)23/h3-10H,11-14H2,1-2H3,(H,24,26)(H,25,27). The number of rotatable bonds is 10. The Kier molecular flexibility index (Phi) is 7.94. The summed E-state index contributed by atoms with van der Waals surface area (Å²) < 4.78 is 37.2. The molecule has 0 atom stereocenters. The molecule has 2 rings (SSSR count). The van der Waals surface area contributed by atoms with Gasteiger partial charge in [-0.25, -0.2) is 8.78 Å². The summed E-state index contributed by atoms with van der Waals surface area (Å²) in [5.41, 5.74) is -0.457. The molecule has 2 N–H and O–H groups in total. The molecule has 0 saturated carbocycles. The Morgan fingerprint density at radius 3 is 1.55 bits per heavy atom. The van der Waals surface area contributed by atoms with Crippen molar-refractivity contribution >= 4 is 11.8 Å². The Morgan fingerprint density at radius 1 is 0.793 bits per heavy atom. The first-order valence-electron chi connectivity index (χ1n) is 9.05. The lowest BCUT2D eigenvalue weighted by molar-refractivity contribution is -0.123. The van der Waals surface area contributed by atoms with Crippen LogP contribution in [0.4, 0.5) is 8.78 Å². The average Bonchev–Trinajstić information content (AvgIpc) is 2.70. The van der Waals surface area contributed by atoms with Crippen LogP contribution in [-0.4, -0.2) is 38.1 Å². The summed E-state index contributed by atoms with van der Waals surface area (Å²) >= 11 is 0. The molecule has 2 amide bonds. The molecule has 0 aliphatic heterocycles. The Balaban J connectivity index is 1.68. The molecule has 0 aliphatic rings. The smallest absolute Gasteiger partial charge is 0.257 e. The molecular formula is C21H24F2N2O4. The van der Waals surface area contributed by atoms with Crippen LogP contribution >= 0.6 is 0 Å². The van der Waals surface area contributed by atoms with Crippen molar-refractivity contribution in [2.45, 2.75) is 13.8 Å². The zero-order chi connectivity index (χ0) is 21.3. The normalized spacial score (nSPS) is 10.9. The highest BCUT2D eigenvalue weighted by molar-refractivity contribution is 5.78. The van der Waals surface area contributed by atoms with Crippen molar-refractivity contribution in [1.29, 1.82) is 0 Å². The SMILES string of the molecule is CC(C)(CNC(=O)COc1ccccc1F)CNC(=O)COc1ccccc1F. The molecule has 0 unspecified atom stereocenters. The van der Waals surface area contributed by atoms with E-state index >= 15 is 0 Å². The minimum Gasteiger partial charge on any atom is -0.481 e. The highest BCUT2D eigenvalue weighted by Crippen LogP contribution is 2.16. The Hall–Kier alpha value is -3.16. The van der Waals surface area contributed by atoms with Crippen molar-refractivity contribution in [2.75, 3.05) is 26.3 Å². The Bertz CT molecular complexity index is 775. The van der Waals surface area contributed by atoms with E-state index in [9.17, 15) is 18.4 Å². The topological polar surface area (TPSA) is 76.7 Å². The van der Waals surface area contributed by atoms with Gasteiger partial charge in [0.25, 0.3) is 11.8 Å². The van der Waals surface area contributed by atoms with Crippen molar-refractivity contribution in [2.24, 2.45) is 5.41 Å². The largest absolute Gasteiger partial charge is 0.481 e. The summed E-state index contributed by atoms with van der Waals surface area (Å²) in [4.78, 5) is 23.8. The highest BCUT2D eigenvalue weighted by Gasteiger charge is 2.20. The van der Waals surface area contributed by atoms with E-state index in [-0.39, 0.29) is 37.8 Å². The van der Waals surface area contributed by atoms with E-state index in [1.54, 1.807) is 12.1 Å². The second-order valence-corrected chi connectivity index (χ2v) is 7.16. The van der Waals surface area contributed by atoms with Crippen LogP contribution in [0.3, 0.4) is 0 Å². The van der Waals surface area contributed by atoms with Gasteiger partial charge < -0.3 is 20.1 Å². The summed E-state index contributed by atoms with van der Waals surface area (Å²) in [6.07, 6.45) is 0. The second kappa shape index (κ2) is 10.4. The van der Waals surface area contributed by atoms with Gasteiger partial charge in [-0.1, -0.05) is 38.1 Å². The summed E-state index contributed by atoms with van der Waals surface area (Å²) in [6.45, 7) is 3.59. The number of carbonyl (C=O) groups excluding carboxylic acids is 2. The molecule has 0 heterocycles. The van der Waals surface area contributed by atoms with Crippen LogP contribution in [0.1, 0.15) is 13.8 Å². The van der Waals surface area contributed by atoms with Crippen LogP contribution in [0.2, 0.25) is 0 Å². The van der Waals surface area contributed by atoms with Crippen molar-refractivity contribution in [3.8, 4) is 11.5 Å². The third-order valence-corrected chi connectivity index (χ3v) is 3.92. The number of halogens is 2. The van der Waals surface area contributed by atoms with Gasteiger partial charge in [0.15, 0.2) is 36.3 Å². The number of benzene rings is 2. The molecule has 0 aliphatic carbocycles. The lowest BCUT2D eigenvalue weighted by Crippen LogP contribution is -2.44. The van der Waals surface area contributed by atoms with E-state index < -0.39 is 28.9 Å². The summed E-state index contributed by atoms with van der Waals surface area (Å²) in [7, 11) is 0. The number of amides is 2. The van der Waals surface area contributed by atoms with Crippen LogP contribution < -0.4 is 20.1 Å². The van der Waals surface area contributed by atoms with E-state index in [0.29, 0.717) is 0 Å². The van der Waals surface area contributed by atoms with Crippen LogP contribution in [0.25, 0.3) is 0 Å². The molecule has 0 fully saturated rings. The summed E-state index contributed by atoms with van der Waals surface area (Å²) in [5, 5.41) is 5.37. The maximum Gasteiger partial charge on any atom is 0.257 e. The molecule has 0 spiro atoms. The number of nitrogens with one attached hydrogen (secondary N) is 2. The minimum atomic E-state index is -0.541. The van der Waals surface area contributed by atoms with Crippen molar-refractivity contribution in [1.82, 2.24) is 10.6 Å². The third-order valence-electron chi connectivity index (χ3n) is 3.92. The van der Waals surface area contributed by atoms with Gasteiger partial charge in [-0.05, 0) is 29.7 Å². The molecule has 0 aromatic heterocycles. The molecule has 2 aromatic rings. The van der Waals surface area contributed by atoms with Gasteiger partial charge in [0.05, 0.1) is 0 Å². The Morgan fingerprint density at radius 2 is 1.17 bits per heavy atom. The summed E-state index contributed by atoms with van der Waals surface area (Å²) in [6, 6.07) is 11.6. The van der Waals surface area contributed by atoms with Gasteiger partial charge in [0, 0.05) is 13.1 Å². The quantitative estimate of drug-likeness (QED) is 0.636. The number of hydrogen-bond acceptors (Lipinski definition) is 4. The minimum absolute atomic E-state index is 0.00373. The van der Waals surface area contributed by atoms with E-state index in [2.05, 4.69) is 10.6 Å². The van der Waals surface area contributed by atoms with Gasteiger partial charge in [0.2, 0.25) is 0 Å². The highest BCUT2D eigenvalue weighted by atomic mass is 19.1. The van der Waals surface area contributed by atoms with Gasteiger partial charge in [-0.2, -0.15) is 0 Å². The lowest BCUT2D eigenvalue weighted by atomic mass is 9.93. The van der Waals surface area contributed by atoms with Crippen LogP contribution in [0.5, 0.6) is 11.5 Å². The predicted octanol–water partition coefficient (Wildman–Crippen LogP) is 2.68. The number of para-hydroxylation sites is 2. The monoisotopic (exact) mass is 406 g/mol. The van der Waals surface area contributed by atoms with Crippen LogP contribution in [-0.2, 0) is 9.59 Å². The van der Waals surface area contributed by atoms with Crippen molar-refractivity contribution in [3.63, 3.8) is 0 Å². The van der Waals surface area contributed by atoms with Crippen molar-refractivity contribution < 1.29 is 27.8 Å². The van der Waals surface area contributed by atoms with E-state index in [1.807, 2.05) is 13.8 Å². The molecule has 2 aromatic carbocycles. The first-order chi connectivity index (χ1) is 13.8. The van der Waals surface area contributed by atoms with Gasteiger partial charge in [0.1, 0.15) is 0 Å². The molecule has 29 heavy (non-hydrogen) atoms. The zero-order valence-electron chi connectivity index (χ0n) is 16.3. The maximum absolute atomic E-state index is 13.5. The molecule has 0 bridgehead atoms. The molecule has 156 valence electrons. The van der Waals surface area contributed by atoms with Crippen LogP contribution in [0, 0.1) is 17.0 Å². The predicted molar refractivity (Wildman–Crippen MR) is 104 cm³/mol. The molecule has 0 saturated heterocycles. The first-order valence-corrected chi connectivity index (χ1v) is 9.05. The zero-order valence-corrected chi connectivity index (χ0v) is 16.3. The van der Waals surface area contributed by atoms with Gasteiger partial charge >= 0.3 is 0 Å². The molecule has 6 nitrogen and oxygen atoms in total. The van der Waals surface area contributed by atoms with Gasteiger partial charge in [-0.3, -0.25) is 9.59 Å². The first kappa shape index (κ1) is 22.1. The second-order valence-electron chi connectivity index (χ2n) is 7.16. The summed E-state index contributed by atoms with van der Waals surface area (Å²) in [5.74, 6) is -1.89. The lowest BCUT2D eigenvalue weighted by Gasteiger charge is -2.25. The fraction of sp³-hybridized carbons (Fsp3) is 0.333. The van der Waals surface area contributed by atoms with Gasteiger partial charge in [-0.15, -0.1) is 0 Å². The number of hydrogen-bond donors (Lipinski definition) is 2. The number of ether oxygens (including phenoxy) is 2. The van der Waals surface area contributed by atoms with E-state index in [1.165, 1.54) is 36.4 Å². The van der Waals surface area contributed by atoms with Crippen molar-refractivity contribution in [3.05, 3.63) is 60.2 Å². The number of carbonyl (C=O) groups is 2. The fourth-order valence-corrected chi connectivity index (χ4v) is 2.25. The third kappa shape index (κ3) is 7.77.